The normalized spacial score (nSPS) is 13.7. The van der Waals surface area contributed by atoms with Crippen molar-refractivity contribution in [3.05, 3.63) is 211 Å². The van der Waals surface area contributed by atoms with Gasteiger partial charge in [0.05, 0.1) is 11.0 Å². The Labute approximate surface area is 386 Å². The first-order chi connectivity index (χ1) is 32.1. The second kappa shape index (κ2) is 13.8. The predicted molar refractivity (Wildman–Crippen MR) is 284 cm³/mol. The highest BCUT2D eigenvalue weighted by Crippen LogP contribution is 2.69. The molecule has 0 radical (unpaired) electrons. The zero-order chi connectivity index (χ0) is 44.7. The fourth-order valence-electron chi connectivity index (χ4n) is 13.5. The molecule has 0 amide bonds. The van der Waals surface area contributed by atoms with Gasteiger partial charge in [0.25, 0.3) is 0 Å². The number of hydrogen-bond donors (Lipinski definition) is 0. The highest BCUT2D eigenvalue weighted by Gasteiger charge is 2.59. The molecule has 0 atom stereocenters. The fourth-order valence-corrected chi connectivity index (χ4v) is 13.5. The Morgan fingerprint density at radius 2 is 0.727 bits per heavy atom. The van der Waals surface area contributed by atoms with Gasteiger partial charge in [0, 0.05) is 21.9 Å². The number of para-hydroxylation sites is 2. The summed E-state index contributed by atoms with van der Waals surface area (Å²) in [6.45, 7) is 14.9. The molecule has 1 heterocycles. The molecule has 0 unspecified atom stereocenters. The predicted octanol–water partition coefficient (Wildman–Crippen LogP) is 18.2. The molecule has 0 N–H and O–H groups in total. The van der Waals surface area contributed by atoms with Crippen molar-refractivity contribution < 1.29 is 0 Å². The van der Waals surface area contributed by atoms with Gasteiger partial charge in [-0.15, -0.1) is 0 Å². The molecule has 0 bridgehead atoms. The van der Waals surface area contributed by atoms with Crippen molar-refractivity contribution in [1.82, 2.24) is 4.57 Å². The molecule has 1 aliphatic carbocycles. The lowest BCUT2D eigenvalue weighted by molar-refractivity contribution is 0.0977. The summed E-state index contributed by atoms with van der Waals surface area (Å²) in [5.74, 6) is 0. The van der Waals surface area contributed by atoms with Crippen LogP contribution in [0.1, 0.15) is 52.7 Å². The van der Waals surface area contributed by atoms with E-state index in [0.29, 0.717) is 0 Å². The van der Waals surface area contributed by atoms with E-state index in [2.05, 4.69) is 246 Å². The number of nitrogens with zero attached hydrogens (tertiary/aromatic N) is 1. The van der Waals surface area contributed by atoms with E-state index in [1.54, 1.807) is 0 Å². The van der Waals surface area contributed by atoms with Gasteiger partial charge >= 0.3 is 0 Å². The standard InChI is InChI=1S/C65H51N/c1-63(2,3)65(64(4,5)6)61-51-33-18-12-26-44(51)54(39-55(61)60-46-28-13-10-24-42(46)43-25-11-19-34-52(43)62(60)65)59-49-31-16-14-29-47(49)58(48-30-15-17-32-50(48)59)40-36-37-57-53(38-40)45-27-20-21-35-56(45)66(57)41-22-8-7-9-23-41/h7-39H,1-6H3. The SMILES string of the molecule is CC(C)(C)C1(C(C)(C)C)c2c(cc(-c3c4ccccc4c(-c4ccc5c(c4)c4ccccc4n5-c4ccccc4)c4ccccc34)c3ccccc23)-c2c1c1ccccc1c1ccccc21. The third-order valence-corrected chi connectivity index (χ3v) is 15.4. The second-order valence-electron chi connectivity index (χ2n) is 20.7. The Morgan fingerprint density at radius 3 is 1.30 bits per heavy atom. The Kier molecular flexibility index (Phi) is 8.12. The molecule has 0 fully saturated rings. The molecule has 1 aliphatic rings. The van der Waals surface area contributed by atoms with Crippen molar-refractivity contribution in [3.63, 3.8) is 0 Å². The van der Waals surface area contributed by atoms with E-state index in [-0.39, 0.29) is 16.2 Å². The van der Waals surface area contributed by atoms with Crippen LogP contribution in [0.3, 0.4) is 0 Å². The molecular weight excluding hydrogens is 795 g/mol. The fraction of sp³-hybridized carbons (Fsp3) is 0.138. The number of benzene rings is 11. The first-order valence-electron chi connectivity index (χ1n) is 23.6. The molecule has 0 aliphatic heterocycles. The number of rotatable bonds is 3. The van der Waals surface area contributed by atoms with Crippen molar-refractivity contribution in [1.29, 1.82) is 0 Å². The average molecular weight is 846 g/mol. The third kappa shape index (κ3) is 5.06. The van der Waals surface area contributed by atoms with Crippen molar-refractivity contribution in [2.75, 3.05) is 0 Å². The molecule has 1 nitrogen and oxygen atoms in total. The largest absolute Gasteiger partial charge is 0.309 e. The van der Waals surface area contributed by atoms with Gasteiger partial charge < -0.3 is 4.57 Å². The summed E-state index contributed by atoms with van der Waals surface area (Å²) < 4.78 is 2.41. The van der Waals surface area contributed by atoms with Gasteiger partial charge in [0.1, 0.15) is 0 Å². The van der Waals surface area contributed by atoms with E-state index >= 15 is 0 Å². The Hall–Kier alpha value is -7.48. The van der Waals surface area contributed by atoms with Gasteiger partial charge in [-0.1, -0.05) is 205 Å². The third-order valence-electron chi connectivity index (χ3n) is 15.4. The lowest BCUT2D eigenvalue weighted by atomic mass is 9.49. The van der Waals surface area contributed by atoms with E-state index < -0.39 is 0 Å². The average Bonchev–Trinajstić information content (AvgIpc) is 3.85. The maximum Gasteiger partial charge on any atom is 0.0541 e. The van der Waals surface area contributed by atoms with Crippen LogP contribution in [0.2, 0.25) is 0 Å². The maximum atomic E-state index is 2.62. The van der Waals surface area contributed by atoms with Crippen molar-refractivity contribution in [2.45, 2.75) is 47.0 Å². The molecule has 316 valence electrons. The van der Waals surface area contributed by atoms with Gasteiger partial charge in [-0.05, 0) is 146 Å². The summed E-state index contributed by atoms with van der Waals surface area (Å²) in [6.07, 6.45) is 0. The zero-order valence-electron chi connectivity index (χ0n) is 38.5. The molecule has 1 aromatic heterocycles. The van der Waals surface area contributed by atoms with Crippen LogP contribution >= 0.6 is 0 Å². The molecule has 12 aromatic rings. The first-order valence-corrected chi connectivity index (χ1v) is 23.6. The lowest BCUT2D eigenvalue weighted by Crippen LogP contribution is -2.50. The molecule has 0 spiro atoms. The van der Waals surface area contributed by atoms with Crippen molar-refractivity contribution in [3.8, 4) is 39.1 Å². The van der Waals surface area contributed by atoms with Crippen LogP contribution in [0.25, 0.3) is 115 Å². The van der Waals surface area contributed by atoms with E-state index in [4.69, 9.17) is 0 Å². The monoisotopic (exact) mass is 845 g/mol. The quantitative estimate of drug-likeness (QED) is 0.123. The Morgan fingerprint density at radius 1 is 0.303 bits per heavy atom. The van der Waals surface area contributed by atoms with Gasteiger partial charge in [0.15, 0.2) is 0 Å². The van der Waals surface area contributed by atoms with E-state index in [9.17, 15) is 0 Å². The maximum absolute atomic E-state index is 2.62. The van der Waals surface area contributed by atoms with Crippen LogP contribution in [0.15, 0.2) is 200 Å². The molecule has 66 heavy (non-hydrogen) atoms. The Bertz CT molecular complexity index is 3930. The molecule has 13 rings (SSSR count). The molecule has 1 heteroatoms. The van der Waals surface area contributed by atoms with Crippen LogP contribution in [-0.2, 0) is 5.41 Å². The van der Waals surface area contributed by atoms with E-state index in [0.717, 1.165) is 0 Å². The minimum Gasteiger partial charge on any atom is -0.309 e. The van der Waals surface area contributed by atoms with Crippen molar-refractivity contribution in [2.24, 2.45) is 10.8 Å². The number of hydrogen-bond acceptors (Lipinski definition) is 0. The van der Waals surface area contributed by atoms with Gasteiger partial charge in [-0.2, -0.15) is 0 Å². The first kappa shape index (κ1) is 38.9. The summed E-state index contributed by atoms with van der Waals surface area (Å²) in [7, 11) is 0. The lowest BCUT2D eigenvalue weighted by Gasteiger charge is -2.54. The summed E-state index contributed by atoms with van der Waals surface area (Å²) in [5.41, 5.74) is 13.8. The van der Waals surface area contributed by atoms with Gasteiger partial charge in [-0.25, -0.2) is 0 Å². The highest BCUT2D eigenvalue weighted by molar-refractivity contribution is 6.27. The molecular formula is C65H51N. The molecule has 0 saturated carbocycles. The minimum atomic E-state index is -0.331. The zero-order valence-corrected chi connectivity index (χ0v) is 38.5. The molecule has 0 saturated heterocycles. The second-order valence-corrected chi connectivity index (χ2v) is 20.7. The van der Waals surface area contributed by atoms with Crippen LogP contribution < -0.4 is 0 Å². The van der Waals surface area contributed by atoms with Crippen LogP contribution in [-0.4, -0.2) is 4.57 Å². The summed E-state index contributed by atoms with van der Waals surface area (Å²) in [4.78, 5) is 0. The highest BCUT2D eigenvalue weighted by atomic mass is 15.0. The van der Waals surface area contributed by atoms with E-state index in [1.165, 1.54) is 126 Å². The van der Waals surface area contributed by atoms with Crippen LogP contribution in [0.4, 0.5) is 0 Å². The van der Waals surface area contributed by atoms with Crippen LogP contribution in [0.5, 0.6) is 0 Å². The van der Waals surface area contributed by atoms with Gasteiger partial charge in [-0.3, -0.25) is 0 Å². The van der Waals surface area contributed by atoms with Crippen molar-refractivity contribution >= 4 is 75.7 Å². The summed E-state index contributed by atoms with van der Waals surface area (Å²) >= 11 is 0. The minimum absolute atomic E-state index is 0.143. The Balaban J connectivity index is 1.16. The topological polar surface area (TPSA) is 4.93 Å². The summed E-state index contributed by atoms with van der Waals surface area (Å²) in [5, 5.41) is 15.6. The molecule has 11 aromatic carbocycles. The number of fused-ring (bicyclic) bond motifs is 15. The number of aromatic nitrogens is 1. The smallest absolute Gasteiger partial charge is 0.0541 e. The van der Waals surface area contributed by atoms with Gasteiger partial charge in [0.2, 0.25) is 0 Å². The van der Waals surface area contributed by atoms with Crippen LogP contribution in [0, 0.1) is 10.8 Å². The summed E-state index contributed by atoms with van der Waals surface area (Å²) in [6, 6.07) is 75.4. The van der Waals surface area contributed by atoms with E-state index in [1.807, 2.05) is 0 Å².